The molecule has 0 radical (unpaired) electrons. The quantitative estimate of drug-likeness (QED) is 0.842. The normalized spacial score (nSPS) is 10.3. The topological polar surface area (TPSA) is 63.8 Å². The molecule has 1 heterocycles. The Hall–Kier alpha value is -1.94. The first-order valence-corrected chi connectivity index (χ1v) is 5.56. The average molecular weight is 228 g/mol. The van der Waals surface area contributed by atoms with Crippen LogP contribution in [0, 0.1) is 6.92 Å². The molecule has 1 aromatic heterocycles. The predicted molar refractivity (Wildman–Crippen MR) is 69.6 cm³/mol. The van der Waals surface area contributed by atoms with E-state index in [1.165, 1.54) is 0 Å². The molecule has 0 saturated carbocycles. The molecular formula is C13H16N4. The maximum Gasteiger partial charge on any atom is 0.162 e. The van der Waals surface area contributed by atoms with Gasteiger partial charge in [-0.3, -0.25) is 0 Å². The van der Waals surface area contributed by atoms with Gasteiger partial charge in [-0.1, -0.05) is 24.3 Å². The first-order valence-electron chi connectivity index (χ1n) is 5.56. The zero-order chi connectivity index (χ0) is 12.3. The van der Waals surface area contributed by atoms with Crippen molar-refractivity contribution < 1.29 is 0 Å². The summed E-state index contributed by atoms with van der Waals surface area (Å²) in [6, 6.07) is 9.92. The third-order valence-corrected chi connectivity index (χ3v) is 2.63. The predicted octanol–water partition coefficient (Wildman–Crippen LogP) is 1.95. The highest BCUT2D eigenvalue weighted by Crippen LogP contribution is 2.21. The van der Waals surface area contributed by atoms with Gasteiger partial charge in [0, 0.05) is 25.2 Å². The SMILES string of the molecule is CNc1cc(CN)nc(-c2ccccc2C)n1. The number of anilines is 1. The molecule has 1 aromatic carbocycles. The minimum absolute atomic E-state index is 0.413. The van der Waals surface area contributed by atoms with Gasteiger partial charge in [0.15, 0.2) is 5.82 Å². The molecule has 0 aliphatic carbocycles. The standard InChI is InChI=1S/C13H16N4/c1-9-5-3-4-6-11(9)13-16-10(8-14)7-12(15-2)17-13/h3-7H,8,14H2,1-2H3,(H,15,16,17). The van der Waals surface area contributed by atoms with Gasteiger partial charge in [0.05, 0.1) is 5.69 Å². The molecule has 0 bridgehead atoms. The van der Waals surface area contributed by atoms with Crippen LogP contribution >= 0.6 is 0 Å². The molecule has 17 heavy (non-hydrogen) atoms. The summed E-state index contributed by atoms with van der Waals surface area (Å²) >= 11 is 0. The Bertz CT molecular complexity index is 500. The van der Waals surface area contributed by atoms with Crippen molar-refractivity contribution in [2.45, 2.75) is 13.5 Å². The van der Waals surface area contributed by atoms with Crippen LogP contribution in [0.4, 0.5) is 5.82 Å². The zero-order valence-electron chi connectivity index (χ0n) is 10.1. The fourth-order valence-corrected chi connectivity index (χ4v) is 1.67. The second-order valence-corrected chi connectivity index (χ2v) is 3.84. The molecular weight excluding hydrogens is 212 g/mol. The molecule has 0 amide bonds. The first kappa shape index (κ1) is 11.5. The Kier molecular flexibility index (Phi) is 3.35. The molecule has 0 atom stereocenters. The average Bonchev–Trinajstić information content (AvgIpc) is 2.38. The lowest BCUT2D eigenvalue weighted by Crippen LogP contribution is -2.05. The van der Waals surface area contributed by atoms with Crippen molar-refractivity contribution >= 4 is 5.82 Å². The summed E-state index contributed by atoms with van der Waals surface area (Å²) in [6.45, 7) is 2.46. The molecule has 0 spiro atoms. The lowest BCUT2D eigenvalue weighted by Gasteiger charge is -2.08. The van der Waals surface area contributed by atoms with E-state index in [2.05, 4.69) is 15.3 Å². The van der Waals surface area contributed by atoms with Crippen LogP contribution in [0.15, 0.2) is 30.3 Å². The van der Waals surface area contributed by atoms with Gasteiger partial charge < -0.3 is 11.1 Å². The van der Waals surface area contributed by atoms with E-state index < -0.39 is 0 Å². The number of nitrogens with two attached hydrogens (primary N) is 1. The smallest absolute Gasteiger partial charge is 0.162 e. The number of rotatable bonds is 3. The molecule has 2 aromatic rings. The lowest BCUT2D eigenvalue weighted by molar-refractivity contribution is 0.969. The van der Waals surface area contributed by atoms with Crippen LogP contribution in [0.3, 0.4) is 0 Å². The maximum atomic E-state index is 5.64. The van der Waals surface area contributed by atoms with Crippen molar-refractivity contribution in [3.63, 3.8) is 0 Å². The molecule has 0 aliphatic rings. The van der Waals surface area contributed by atoms with Crippen molar-refractivity contribution in [2.24, 2.45) is 5.73 Å². The van der Waals surface area contributed by atoms with Gasteiger partial charge in [0.1, 0.15) is 5.82 Å². The van der Waals surface area contributed by atoms with Crippen molar-refractivity contribution in [2.75, 3.05) is 12.4 Å². The highest BCUT2D eigenvalue weighted by molar-refractivity contribution is 5.61. The summed E-state index contributed by atoms with van der Waals surface area (Å²) in [6.07, 6.45) is 0. The number of aromatic nitrogens is 2. The van der Waals surface area contributed by atoms with Gasteiger partial charge in [0.2, 0.25) is 0 Å². The largest absolute Gasteiger partial charge is 0.373 e. The molecule has 0 fully saturated rings. The van der Waals surface area contributed by atoms with E-state index in [9.17, 15) is 0 Å². The number of hydrogen-bond acceptors (Lipinski definition) is 4. The number of hydrogen-bond donors (Lipinski definition) is 2. The van der Waals surface area contributed by atoms with Gasteiger partial charge in [-0.15, -0.1) is 0 Å². The van der Waals surface area contributed by atoms with E-state index in [-0.39, 0.29) is 0 Å². The van der Waals surface area contributed by atoms with Crippen molar-refractivity contribution in [3.8, 4) is 11.4 Å². The van der Waals surface area contributed by atoms with Crippen LogP contribution in [0.1, 0.15) is 11.3 Å². The van der Waals surface area contributed by atoms with Crippen LogP contribution in [0.5, 0.6) is 0 Å². The Morgan fingerprint density at radius 1 is 1.24 bits per heavy atom. The van der Waals surface area contributed by atoms with E-state index in [1.807, 2.05) is 44.3 Å². The Balaban J connectivity index is 2.55. The van der Waals surface area contributed by atoms with Crippen molar-refractivity contribution in [3.05, 3.63) is 41.6 Å². The van der Waals surface area contributed by atoms with E-state index >= 15 is 0 Å². The second kappa shape index (κ2) is 4.93. The molecule has 4 nitrogen and oxygen atoms in total. The molecule has 0 unspecified atom stereocenters. The minimum atomic E-state index is 0.413. The molecule has 4 heteroatoms. The third-order valence-electron chi connectivity index (χ3n) is 2.63. The van der Waals surface area contributed by atoms with Gasteiger partial charge in [0.25, 0.3) is 0 Å². The Morgan fingerprint density at radius 3 is 2.65 bits per heavy atom. The summed E-state index contributed by atoms with van der Waals surface area (Å²) in [7, 11) is 1.84. The monoisotopic (exact) mass is 228 g/mol. The lowest BCUT2D eigenvalue weighted by atomic mass is 10.1. The highest BCUT2D eigenvalue weighted by atomic mass is 15.0. The van der Waals surface area contributed by atoms with E-state index in [0.29, 0.717) is 6.54 Å². The van der Waals surface area contributed by atoms with Gasteiger partial charge in [-0.25, -0.2) is 9.97 Å². The summed E-state index contributed by atoms with van der Waals surface area (Å²) in [5.74, 6) is 1.51. The number of aryl methyl sites for hydroxylation is 1. The highest BCUT2D eigenvalue weighted by Gasteiger charge is 2.07. The van der Waals surface area contributed by atoms with Gasteiger partial charge in [-0.05, 0) is 12.5 Å². The van der Waals surface area contributed by atoms with Crippen LogP contribution in [0.2, 0.25) is 0 Å². The maximum absolute atomic E-state index is 5.64. The zero-order valence-corrected chi connectivity index (χ0v) is 10.1. The van der Waals surface area contributed by atoms with E-state index in [1.54, 1.807) is 0 Å². The number of nitrogens with one attached hydrogen (secondary N) is 1. The Labute approximate surface area is 101 Å². The molecule has 0 aliphatic heterocycles. The number of nitrogens with zero attached hydrogens (tertiary/aromatic N) is 2. The molecule has 0 saturated heterocycles. The van der Waals surface area contributed by atoms with Gasteiger partial charge in [-0.2, -0.15) is 0 Å². The summed E-state index contributed by atoms with van der Waals surface area (Å²) < 4.78 is 0. The van der Waals surface area contributed by atoms with E-state index in [4.69, 9.17) is 5.73 Å². The van der Waals surface area contributed by atoms with Crippen molar-refractivity contribution in [1.82, 2.24) is 9.97 Å². The summed E-state index contributed by atoms with van der Waals surface area (Å²) in [5, 5.41) is 3.02. The third kappa shape index (κ3) is 2.42. The molecule has 2 rings (SSSR count). The fraction of sp³-hybridized carbons (Fsp3) is 0.231. The summed E-state index contributed by atoms with van der Waals surface area (Å²) in [4.78, 5) is 8.91. The number of benzene rings is 1. The first-order chi connectivity index (χ1) is 8.24. The van der Waals surface area contributed by atoms with Crippen LogP contribution in [0.25, 0.3) is 11.4 Å². The molecule has 3 N–H and O–H groups in total. The summed E-state index contributed by atoms with van der Waals surface area (Å²) in [5.41, 5.74) is 8.67. The van der Waals surface area contributed by atoms with E-state index in [0.717, 1.165) is 28.5 Å². The van der Waals surface area contributed by atoms with Crippen LogP contribution < -0.4 is 11.1 Å². The second-order valence-electron chi connectivity index (χ2n) is 3.84. The fourth-order valence-electron chi connectivity index (χ4n) is 1.67. The van der Waals surface area contributed by atoms with Gasteiger partial charge >= 0.3 is 0 Å². The molecule has 88 valence electrons. The van der Waals surface area contributed by atoms with Crippen molar-refractivity contribution in [1.29, 1.82) is 0 Å². The Morgan fingerprint density at radius 2 is 2.00 bits per heavy atom. The van der Waals surface area contributed by atoms with Crippen LogP contribution in [-0.4, -0.2) is 17.0 Å². The van der Waals surface area contributed by atoms with Crippen LogP contribution in [-0.2, 0) is 6.54 Å². The minimum Gasteiger partial charge on any atom is -0.373 e.